The van der Waals surface area contributed by atoms with Gasteiger partial charge in [0.15, 0.2) is 5.69 Å². The van der Waals surface area contributed by atoms with Crippen molar-refractivity contribution in [2.45, 2.75) is 6.18 Å². The van der Waals surface area contributed by atoms with E-state index in [4.69, 9.17) is 4.74 Å². The molecule has 3 rings (SSSR count). The predicted octanol–water partition coefficient (Wildman–Crippen LogP) is 3.75. The fourth-order valence-electron chi connectivity index (χ4n) is 2.72. The van der Waals surface area contributed by atoms with Crippen molar-refractivity contribution in [3.05, 3.63) is 78.1 Å². The number of hydrogen-bond acceptors (Lipinski definition) is 4. The molecule has 1 aromatic heterocycles. The normalized spacial score (nSPS) is 11.1. The van der Waals surface area contributed by atoms with Crippen LogP contribution in [0, 0.1) is 0 Å². The summed E-state index contributed by atoms with van der Waals surface area (Å²) in [6.07, 6.45) is -4.49. The molecule has 2 amide bonds. The number of aromatic nitrogens is 2. The predicted molar refractivity (Wildman–Crippen MR) is 106 cm³/mol. The molecule has 0 bridgehead atoms. The molecular formula is C21H19F3N4O3. The molecule has 1 heterocycles. The number of likely N-dealkylation sites (N-methyl/N-ethyl adjacent to an activating group) is 1. The molecule has 162 valence electrons. The maximum absolute atomic E-state index is 13.4. The Morgan fingerprint density at radius 3 is 2.29 bits per heavy atom. The summed E-state index contributed by atoms with van der Waals surface area (Å²) < 4.78 is 46.4. The van der Waals surface area contributed by atoms with Crippen molar-refractivity contribution in [1.29, 1.82) is 0 Å². The molecule has 0 radical (unpaired) electrons. The highest BCUT2D eigenvalue weighted by atomic mass is 19.4. The minimum absolute atomic E-state index is 0.0118. The highest BCUT2D eigenvalue weighted by molar-refractivity contribution is 5.95. The summed E-state index contributed by atoms with van der Waals surface area (Å²) in [4.78, 5) is 25.5. The van der Waals surface area contributed by atoms with Crippen LogP contribution in [-0.2, 0) is 6.18 Å². The van der Waals surface area contributed by atoms with Crippen LogP contribution in [0.2, 0.25) is 0 Å². The number of rotatable bonds is 6. The molecule has 0 aliphatic heterocycles. The van der Waals surface area contributed by atoms with E-state index in [9.17, 15) is 22.8 Å². The summed E-state index contributed by atoms with van der Waals surface area (Å²) in [7, 11) is 1.34. The molecule has 1 N–H and O–H groups in total. The van der Waals surface area contributed by atoms with E-state index in [-0.39, 0.29) is 13.1 Å². The van der Waals surface area contributed by atoms with E-state index < -0.39 is 29.4 Å². The van der Waals surface area contributed by atoms with Crippen molar-refractivity contribution < 1.29 is 27.5 Å². The zero-order chi connectivity index (χ0) is 22.4. The highest BCUT2D eigenvalue weighted by Crippen LogP contribution is 2.32. The minimum atomic E-state index is -4.80. The van der Waals surface area contributed by atoms with Crippen LogP contribution in [0.4, 0.5) is 18.0 Å². The van der Waals surface area contributed by atoms with Crippen molar-refractivity contribution in [1.82, 2.24) is 20.0 Å². The summed E-state index contributed by atoms with van der Waals surface area (Å²) >= 11 is 0. The number of para-hydroxylation sites is 2. The van der Waals surface area contributed by atoms with Gasteiger partial charge >= 0.3 is 12.3 Å². The molecule has 0 aliphatic carbocycles. The van der Waals surface area contributed by atoms with Gasteiger partial charge in [-0.1, -0.05) is 36.4 Å². The number of carbonyl (C=O) groups is 2. The molecule has 31 heavy (non-hydrogen) atoms. The summed E-state index contributed by atoms with van der Waals surface area (Å²) in [5.74, 6) is -0.527. The highest BCUT2D eigenvalue weighted by Gasteiger charge is 2.40. The van der Waals surface area contributed by atoms with Crippen LogP contribution in [0.1, 0.15) is 16.1 Å². The largest absolute Gasteiger partial charge is 0.435 e. The molecule has 7 nitrogen and oxygen atoms in total. The lowest BCUT2D eigenvalue weighted by Crippen LogP contribution is -2.37. The maximum Gasteiger partial charge on any atom is 0.435 e. The first-order valence-corrected chi connectivity index (χ1v) is 9.24. The number of ether oxygens (including phenoxy) is 1. The second-order valence-corrected chi connectivity index (χ2v) is 6.53. The Bertz CT molecular complexity index is 1040. The Hall–Kier alpha value is -3.82. The monoisotopic (exact) mass is 432 g/mol. The third-order valence-electron chi connectivity index (χ3n) is 4.25. The van der Waals surface area contributed by atoms with Crippen LogP contribution >= 0.6 is 0 Å². The maximum atomic E-state index is 13.4. The van der Waals surface area contributed by atoms with Crippen LogP contribution in [0.25, 0.3) is 5.69 Å². The van der Waals surface area contributed by atoms with E-state index >= 15 is 0 Å². The summed E-state index contributed by atoms with van der Waals surface area (Å²) in [5.41, 5.74) is -1.46. The number of halogens is 3. The van der Waals surface area contributed by atoms with Crippen LogP contribution in [-0.4, -0.2) is 46.8 Å². The first kappa shape index (κ1) is 21.9. The Morgan fingerprint density at radius 2 is 1.68 bits per heavy atom. The van der Waals surface area contributed by atoms with E-state index in [0.717, 1.165) is 15.8 Å². The standard InChI is InChI=1S/C21H19F3N4O3/c1-27(13-12-25-20(30)31-16-10-6-3-7-11-16)19(29)17-14-28(15-8-4-2-5-9-15)26-18(17)21(22,23)24/h2-11,14H,12-13H2,1H3,(H,25,30). The molecule has 3 aromatic rings. The average molecular weight is 432 g/mol. The fraction of sp³-hybridized carbons (Fsp3) is 0.190. The third-order valence-corrected chi connectivity index (χ3v) is 4.25. The van der Waals surface area contributed by atoms with Gasteiger partial charge in [-0.05, 0) is 24.3 Å². The van der Waals surface area contributed by atoms with Gasteiger partial charge in [-0.3, -0.25) is 4.79 Å². The molecule has 0 atom stereocenters. The van der Waals surface area contributed by atoms with Crippen molar-refractivity contribution >= 4 is 12.0 Å². The van der Waals surface area contributed by atoms with Gasteiger partial charge in [-0.15, -0.1) is 0 Å². The van der Waals surface area contributed by atoms with Crippen molar-refractivity contribution in [2.24, 2.45) is 0 Å². The second kappa shape index (κ2) is 9.33. The van der Waals surface area contributed by atoms with Gasteiger partial charge in [0.05, 0.1) is 11.3 Å². The van der Waals surface area contributed by atoms with Crippen LogP contribution in [0.5, 0.6) is 5.75 Å². The van der Waals surface area contributed by atoms with Gasteiger partial charge in [-0.25, -0.2) is 9.48 Å². The van der Waals surface area contributed by atoms with E-state index in [1.165, 1.54) is 7.05 Å². The number of benzene rings is 2. The van der Waals surface area contributed by atoms with Gasteiger partial charge in [0.25, 0.3) is 5.91 Å². The molecule has 0 spiro atoms. The van der Waals surface area contributed by atoms with E-state index in [1.54, 1.807) is 60.7 Å². The smallest absolute Gasteiger partial charge is 0.410 e. The summed E-state index contributed by atoms with van der Waals surface area (Å²) in [5, 5.41) is 6.01. The van der Waals surface area contributed by atoms with Crippen molar-refractivity contribution in [3.63, 3.8) is 0 Å². The van der Waals surface area contributed by atoms with Gasteiger partial charge in [0.1, 0.15) is 5.75 Å². The SMILES string of the molecule is CN(CCNC(=O)Oc1ccccc1)C(=O)c1cn(-c2ccccc2)nc1C(F)(F)F. The number of nitrogens with one attached hydrogen (secondary N) is 1. The second-order valence-electron chi connectivity index (χ2n) is 6.53. The first-order chi connectivity index (χ1) is 14.8. The topological polar surface area (TPSA) is 76.5 Å². The Balaban J connectivity index is 1.65. The van der Waals surface area contributed by atoms with Crippen molar-refractivity contribution in [3.8, 4) is 11.4 Å². The van der Waals surface area contributed by atoms with E-state index in [0.29, 0.717) is 11.4 Å². The van der Waals surface area contributed by atoms with Gasteiger partial charge in [0.2, 0.25) is 0 Å². The van der Waals surface area contributed by atoms with Crippen LogP contribution in [0.15, 0.2) is 66.9 Å². The molecule has 0 fully saturated rings. The van der Waals surface area contributed by atoms with E-state index in [1.807, 2.05) is 0 Å². The number of hydrogen-bond donors (Lipinski definition) is 1. The number of amides is 2. The lowest BCUT2D eigenvalue weighted by atomic mass is 10.2. The average Bonchev–Trinajstić information content (AvgIpc) is 3.20. The third kappa shape index (κ3) is 5.62. The molecule has 0 saturated carbocycles. The van der Waals surface area contributed by atoms with Gasteiger partial charge < -0.3 is 15.0 Å². The van der Waals surface area contributed by atoms with Crippen LogP contribution in [0.3, 0.4) is 0 Å². The van der Waals surface area contributed by atoms with Crippen LogP contribution < -0.4 is 10.1 Å². The van der Waals surface area contributed by atoms with Crippen molar-refractivity contribution in [2.75, 3.05) is 20.1 Å². The zero-order valence-corrected chi connectivity index (χ0v) is 16.5. The molecule has 0 aliphatic rings. The Labute approximate surface area is 176 Å². The lowest BCUT2D eigenvalue weighted by molar-refractivity contribution is -0.141. The fourth-order valence-corrected chi connectivity index (χ4v) is 2.72. The summed E-state index contributed by atoms with van der Waals surface area (Å²) in [6.45, 7) is -0.0430. The minimum Gasteiger partial charge on any atom is -0.410 e. The van der Waals surface area contributed by atoms with E-state index in [2.05, 4.69) is 10.4 Å². The first-order valence-electron chi connectivity index (χ1n) is 9.24. The molecule has 0 unspecified atom stereocenters. The van der Waals surface area contributed by atoms with Gasteiger partial charge in [0, 0.05) is 26.3 Å². The molecule has 2 aromatic carbocycles. The van der Waals surface area contributed by atoms with Gasteiger partial charge in [-0.2, -0.15) is 18.3 Å². The molecule has 10 heteroatoms. The molecular weight excluding hydrogens is 413 g/mol. The molecule has 0 saturated heterocycles. The zero-order valence-electron chi connectivity index (χ0n) is 16.5. The summed E-state index contributed by atoms with van der Waals surface area (Å²) in [6, 6.07) is 16.5. The Kier molecular flexibility index (Phi) is 6.58. The number of carbonyl (C=O) groups excluding carboxylic acids is 2. The Morgan fingerprint density at radius 1 is 1.06 bits per heavy atom. The lowest BCUT2D eigenvalue weighted by Gasteiger charge is -2.17. The number of alkyl halides is 3. The quantitative estimate of drug-likeness (QED) is 0.644. The number of nitrogens with zero attached hydrogens (tertiary/aromatic N) is 3.